The molecule has 0 aromatic heterocycles. The van der Waals surface area contributed by atoms with Gasteiger partial charge in [0.05, 0.1) is 6.10 Å². The lowest BCUT2D eigenvalue weighted by atomic mass is 9.65. The number of hydrogen-bond donors (Lipinski definition) is 0. The fourth-order valence-corrected chi connectivity index (χ4v) is 5.41. The highest BCUT2D eigenvalue weighted by Crippen LogP contribution is 2.47. The fraction of sp³-hybridized carbons (Fsp3) is 0.520. The molecular weight excluding hydrogens is 373 g/mol. The summed E-state index contributed by atoms with van der Waals surface area (Å²) in [5, 5.41) is 0. The van der Waals surface area contributed by atoms with E-state index >= 15 is 0 Å². The Bertz CT molecular complexity index is 879. The van der Waals surface area contributed by atoms with Crippen molar-refractivity contribution >= 4 is 0 Å². The average Bonchev–Trinajstić information content (AvgIpc) is 2.72. The molecule has 29 heavy (non-hydrogen) atoms. The first-order valence-electron chi connectivity index (χ1n) is 10.8. The lowest BCUT2D eigenvalue weighted by Crippen LogP contribution is -2.33. The van der Waals surface area contributed by atoms with Crippen molar-refractivity contribution in [2.45, 2.75) is 64.4 Å². The van der Waals surface area contributed by atoms with Crippen LogP contribution in [0.3, 0.4) is 0 Å². The second-order valence-electron chi connectivity index (χ2n) is 8.71. The van der Waals surface area contributed by atoms with Crippen LogP contribution in [0.25, 0.3) is 11.1 Å². The first-order valence-corrected chi connectivity index (χ1v) is 10.8. The van der Waals surface area contributed by atoms with Gasteiger partial charge in [-0.2, -0.15) is 0 Å². The molecule has 0 bridgehead atoms. The van der Waals surface area contributed by atoms with Gasteiger partial charge in [0.15, 0.2) is 11.6 Å². The Morgan fingerprint density at radius 3 is 2.41 bits per heavy atom. The SMILES string of the molecule is CCOC1CCC2CC(c3ccc(-c4ccc(C)c(F)c4F)cc3F)CCC2C1. The van der Waals surface area contributed by atoms with Crippen LogP contribution in [0.5, 0.6) is 0 Å². The van der Waals surface area contributed by atoms with E-state index in [1.807, 2.05) is 6.92 Å². The normalized spacial score (nSPS) is 26.9. The molecule has 4 heteroatoms. The van der Waals surface area contributed by atoms with E-state index in [4.69, 9.17) is 4.74 Å². The zero-order chi connectivity index (χ0) is 20.5. The topological polar surface area (TPSA) is 9.23 Å². The van der Waals surface area contributed by atoms with Crippen LogP contribution in [0.4, 0.5) is 13.2 Å². The van der Waals surface area contributed by atoms with Crippen LogP contribution >= 0.6 is 0 Å². The van der Waals surface area contributed by atoms with E-state index in [0.29, 0.717) is 29.1 Å². The summed E-state index contributed by atoms with van der Waals surface area (Å²) in [5.41, 5.74) is 1.45. The molecule has 4 rings (SSSR count). The minimum atomic E-state index is -0.913. The van der Waals surface area contributed by atoms with Gasteiger partial charge in [-0.3, -0.25) is 0 Å². The van der Waals surface area contributed by atoms with Gasteiger partial charge in [0.2, 0.25) is 0 Å². The zero-order valence-corrected chi connectivity index (χ0v) is 17.2. The monoisotopic (exact) mass is 402 g/mol. The maximum absolute atomic E-state index is 15.0. The summed E-state index contributed by atoms with van der Waals surface area (Å²) in [6.45, 7) is 4.34. The molecule has 1 nitrogen and oxygen atoms in total. The fourth-order valence-electron chi connectivity index (χ4n) is 5.41. The molecule has 0 aliphatic heterocycles. The minimum Gasteiger partial charge on any atom is -0.378 e. The average molecular weight is 403 g/mol. The van der Waals surface area contributed by atoms with Crippen LogP contribution in [-0.2, 0) is 4.74 Å². The summed E-state index contributed by atoms with van der Waals surface area (Å²) in [7, 11) is 0. The van der Waals surface area contributed by atoms with E-state index in [0.717, 1.165) is 45.1 Å². The molecule has 2 fully saturated rings. The van der Waals surface area contributed by atoms with Crippen LogP contribution in [-0.4, -0.2) is 12.7 Å². The first kappa shape index (κ1) is 20.5. The van der Waals surface area contributed by atoms with E-state index in [1.165, 1.54) is 25.1 Å². The molecule has 0 N–H and O–H groups in total. The summed E-state index contributed by atoms with van der Waals surface area (Å²) >= 11 is 0. The maximum atomic E-state index is 15.0. The van der Waals surface area contributed by atoms with Gasteiger partial charge in [0.1, 0.15) is 5.82 Å². The predicted octanol–water partition coefficient (Wildman–Crippen LogP) is 7.17. The molecule has 156 valence electrons. The highest BCUT2D eigenvalue weighted by molar-refractivity contribution is 5.65. The number of ether oxygens (including phenoxy) is 1. The lowest BCUT2D eigenvalue weighted by molar-refractivity contribution is -0.00968. The summed E-state index contributed by atoms with van der Waals surface area (Å²) in [6.07, 6.45) is 6.86. The van der Waals surface area contributed by atoms with Gasteiger partial charge in [-0.05, 0) is 92.9 Å². The first-order chi connectivity index (χ1) is 14.0. The Morgan fingerprint density at radius 2 is 1.66 bits per heavy atom. The van der Waals surface area contributed by atoms with Crippen molar-refractivity contribution in [2.24, 2.45) is 11.8 Å². The zero-order valence-electron chi connectivity index (χ0n) is 17.2. The van der Waals surface area contributed by atoms with Crippen molar-refractivity contribution in [3.8, 4) is 11.1 Å². The number of hydrogen-bond acceptors (Lipinski definition) is 1. The molecule has 0 amide bonds. The van der Waals surface area contributed by atoms with E-state index in [-0.39, 0.29) is 22.9 Å². The van der Waals surface area contributed by atoms with Crippen LogP contribution in [0.15, 0.2) is 30.3 Å². The van der Waals surface area contributed by atoms with Gasteiger partial charge in [-0.25, -0.2) is 13.2 Å². The Morgan fingerprint density at radius 1 is 0.897 bits per heavy atom. The quantitative estimate of drug-likeness (QED) is 0.527. The van der Waals surface area contributed by atoms with Crippen molar-refractivity contribution < 1.29 is 17.9 Å². The number of aryl methyl sites for hydroxylation is 1. The molecule has 2 aromatic carbocycles. The van der Waals surface area contributed by atoms with E-state index in [2.05, 4.69) is 0 Å². The molecule has 0 saturated heterocycles. The lowest BCUT2D eigenvalue weighted by Gasteiger charge is -2.42. The number of benzene rings is 2. The molecule has 4 unspecified atom stereocenters. The van der Waals surface area contributed by atoms with E-state index in [9.17, 15) is 13.2 Å². The largest absolute Gasteiger partial charge is 0.378 e. The summed E-state index contributed by atoms with van der Waals surface area (Å²) in [4.78, 5) is 0. The molecule has 2 aromatic rings. The Kier molecular flexibility index (Phi) is 6.00. The van der Waals surface area contributed by atoms with Gasteiger partial charge in [0, 0.05) is 12.2 Å². The van der Waals surface area contributed by atoms with Crippen molar-refractivity contribution in [1.82, 2.24) is 0 Å². The van der Waals surface area contributed by atoms with Crippen molar-refractivity contribution in [2.75, 3.05) is 6.61 Å². The van der Waals surface area contributed by atoms with Crippen molar-refractivity contribution in [3.63, 3.8) is 0 Å². The molecule has 0 radical (unpaired) electrons. The molecule has 4 atom stereocenters. The molecule has 2 saturated carbocycles. The third-order valence-electron chi connectivity index (χ3n) is 6.99. The highest BCUT2D eigenvalue weighted by Gasteiger charge is 2.36. The molecule has 2 aliphatic rings. The third kappa shape index (κ3) is 4.09. The molecule has 2 aliphatic carbocycles. The third-order valence-corrected chi connectivity index (χ3v) is 6.99. The highest BCUT2D eigenvalue weighted by atomic mass is 19.2. The standard InChI is InChI=1S/C25H29F3O/c1-3-29-20-9-7-16-12-18(6-5-17(16)13-20)21-11-8-19(14-23(21)26)22-10-4-15(2)24(27)25(22)28/h4,8,10-11,14,16-18,20H,3,5-7,9,12-13H2,1-2H3. The minimum absolute atomic E-state index is 0.108. The van der Waals surface area contributed by atoms with Crippen LogP contribution in [0, 0.1) is 36.2 Å². The molecule has 0 heterocycles. The van der Waals surface area contributed by atoms with Gasteiger partial charge >= 0.3 is 0 Å². The number of fused-ring (bicyclic) bond motifs is 1. The van der Waals surface area contributed by atoms with E-state index < -0.39 is 11.6 Å². The predicted molar refractivity (Wildman–Crippen MR) is 109 cm³/mol. The Hall–Kier alpha value is -1.81. The van der Waals surface area contributed by atoms with Crippen molar-refractivity contribution in [1.29, 1.82) is 0 Å². The molecule has 0 spiro atoms. The van der Waals surface area contributed by atoms with Crippen LogP contribution in [0.1, 0.15) is 62.5 Å². The second kappa shape index (κ2) is 8.51. The maximum Gasteiger partial charge on any atom is 0.166 e. The van der Waals surface area contributed by atoms with Crippen LogP contribution in [0.2, 0.25) is 0 Å². The summed E-state index contributed by atoms with van der Waals surface area (Å²) < 4.78 is 49.0. The Balaban J connectivity index is 1.50. The van der Waals surface area contributed by atoms with Gasteiger partial charge in [0.25, 0.3) is 0 Å². The van der Waals surface area contributed by atoms with Gasteiger partial charge < -0.3 is 4.74 Å². The van der Waals surface area contributed by atoms with Gasteiger partial charge in [-0.1, -0.05) is 24.3 Å². The second-order valence-corrected chi connectivity index (χ2v) is 8.71. The van der Waals surface area contributed by atoms with E-state index in [1.54, 1.807) is 12.1 Å². The van der Waals surface area contributed by atoms with Crippen LogP contribution < -0.4 is 0 Å². The summed E-state index contributed by atoms with van der Waals surface area (Å²) in [6, 6.07) is 7.91. The Labute approximate surface area is 171 Å². The smallest absolute Gasteiger partial charge is 0.166 e. The number of halogens is 3. The molecular formula is C25H29F3O. The van der Waals surface area contributed by atoms with Gasteiger partial charge in [-0.15, -0.1) is 0 Å². The van der Waals surface area contributed by atoms with Crippen molar-refractivity contribution in [3.05, 3.63) is 58.9 Å². The summed E-state index contributed by atoms with van der Waals surface area (Å²) in [5.74, 6) is -0.573. The number of rotatable bonds is 4.